The quantitative estimate of drug-likeness (QED) is 0.651. The number of imidazole rings is 1. The largest absolute Gasteiger partial charge is 0.355 e. The Morgan fingerprint density at radius 2 is 2.15 bits per heavy atom. The van der Waals surface area contributed by atoms with Crippen molar-refractivity contribution < 1.29 is 0 Å². The molecule has 1 fully saturated rings. The van der Waals surface area contributed by atoms with Gasteiger partial charge in [0.25, 0.3) is 0 Å². The van der Waals surface area contributed by atoms with Crippen LogP contribution in [0.2, 0.25) is 0 Å². The maximum atomic E-state index is 4.72. The Hall–Kier alpha value is -1.99. The lowest BCUT2D eigenvalue weighted by molar-refractivity contribution is 0.380. The first kappa shape index (κ1) is 18.4. The molecular weight excluding hydrogens is 356 g/mol. The summed E-state index contributed by atoms with van der Waals surface area (Å²) in [5.41, 5.74) is 0. The number of anilines is 1. The molecule has 0 bridgehead atoms. The topological polar surface area (TPSA) is 50.1 Å². The normalized spacial score (nSPS) is 17.9. The third kappa shape index (κ3) is 3.99. The van der Waals surface area contributed by atoms with E-state index in [2.05, 4.69) is 57.6 Å². The minimum Gasteiger partial charge on any atom is -0.355 e. The van der Waals surface area contributed by atoms with Gasteiger partial charge in [0.2, 0.25) is 0 Å². The predicted octanol–water partition coefficient (Wildman–Crippen LogP) is 3.53. The predicted molar refractivity (Wildman–Crippen MR) is 112 cm³/mol. The van der Waals surface area contributed by atoms with Crippen LogP contribution in [0.4, 0.5) is 5.82 Å². The second-order valence-electron chi connectivity index (χ2n) is 7.69. The second-order valence-corrected chi connectivity index (χ2v) is 8.93. The number of aromatic nitrogens is 4. The van der Waals surface area contributed by atoms with Gasteiger partial charge in [0.15, 0.2) is 0 Å². The summed E-state index contributed by atoms with van der Waals surface area (Å²) in [6.07, 6.45) is 9.30. The number of aryl methyl sites for hydroxylation is 2. The number of hydrogen-bond donors (Lipinski definition) is 0. The summed E-state index contributed by atoms with van der Waals surface area (Å²) < 4.78 is 2.35. The van der Waals surface area contributed by atoms with E-state index in [9.17, 15) is 0 Å². The van der Waals surface area contributed by atoms with Gasteiger partial charge in [-0.1, -0.05) is 0 Å². The molecule has 0 unspecified atom stereocenters. The minimum atomic E-state index is 0.456. The average molecular weight is 385 g/mol. The van der Waals surface area contributed by atoms with Crippen molar-refractivity contribution in [3.05, 3.63) is 35.5 Å². The van der Waals surface area contributed by atoms with E-state index in [4.69, 9.17) is 4.98 Å². The molecule has 1 saturated heterocycles. The van der Waals surface area contributed by atoms with Crippen LogP contribution in [0, 0.1) is 6.92 Å². The van der Waals surface area contributed by atoms with Crippen LogP contribution >= 0.6 is 11.3 Å². The molecule has 0 saturated carbocycles. The Labute approximate surface area is 164 Å². The minimum absolute atomic E-state index is 0.456. The van der Waals surface area contributed by atoms with E-state index in [1.54, 1.807) is 17.7 Å². The van der Waals surface area contributed by atoms with Gasteiger partial charge in [0, 0.05) is 42.8 Å². The van der Waals surface area contributed by atoms with E-state index in [0.717, 1.165) is 43.2 Å². The van der Waals surface area contributed by atoms with E-state index >= 15 is 0 Å². The third-order valence-electron chi connectivity index (χ3n) is 5.27. The molecule has 3 aromatic heterocycles. The summed E-state index contributed by atoms with van der Waals surface area (Å²) in [5, 5.41) is 1.19. The van der Waals surface area contributed by atoms with Crippen molar-refractivity contribution in [3.8, 4) is 0 Å². The second kappa shape index (κ2) is 7.94. The Balaban J connectivity index is 1.53. The molecule has 1 aliphatic heterocycles. The van der Waals surface area contributed by atoms with Crippen molar-refractivity contribution in [1.82, 2.24) is 24.4 Å². The van der Waals surface area contributed by atoms with E-state index in [1.807, 2.05) is 6.20 Å². The van der Waals surface area contributed by atoms with Crippen LogP contribution in [-0.2, 0) is 6.54 Å². The third-order valence-corrected chi connectivity index (χ3v) is 6.23. The maximum Gasteiger partial charge on any atom is 0.140 e. The van der Waals surface area contributed by atoms with E-state index in [0.29, 0.717) is 5.92 Å². The van der Waals surface area contributed by atoms with Gasteiger partial charge < -0.3 is 14.4 Å². The van der Waals surface area contributed by atoms with Crippen molar-refractivity contribution in [3.63, 3.8) is 0 Å². The zero-order chi connectivity index (χ0) is 18.8. The van der Waals surface area contributed by atoms with Crippen molar-refractivity contribution in [2.75, 3.05) is 38.6 Å². The first-order valence-corrected chi connectivity index (χ1v) is 10.6. The molecule has 0 aromatic carbocycles. The Kier molecular flexibility index (Phi) is 5.41. The molecule has 3 aromatic rings. The van der Waals surface area contributed by atoms with Gasteiger partial charge in [0.1, 0.15) is 22.8 Å². The smallest absolute Gasteiger partial charge is 0.140 e. The molecule has 4 rings (SSSR count). The number of rotatable bonds is 6. The highest BCUT2D eigenvalue weighted by Gasteiger charge is 2.26. The highest BCUT2D eigenvalue weighted by molar-refractivity contribution is 7.18. The molecule has 0 radical (unpaired) electrons. The van der Waals surface area contributed by atoms with Crippen LogP contribution in [-0.4, -0.2) is 58.1 Å². The Bertz CT molecular complexity index is 899. The number of piperidine rings is 1. The van der Waals surface area contributed by atoms with Crippen LogP contribution in [0.5, 0.6) is 0 Å². The number of thiophene rings is 1. The Morgan fingerprint density at radius 1 is 1.26 bits per heavy atom. The average Bonchev–Trinajstić information content (AvgIpc) is 3.26. The zero-order valence-corrected chi connectivity index (χ0v) is 17.2. The summed E-state index contributed by atoms with van der Waals surface area (Å²) in [7, 11) is 4.25. The number of nitrogens with zero attached hydrogens (tertiary/aromatic N) is 6. The number of hydrogen-bond acceptors (Lipinski definition) is 6. The molecular formula is C20H28N6S. The highest BCUT2D eigenvalue weighted by Crippen LogP contribution is 2.34. The molecule has 4 heterocycles. The summed E-state index contributed by atoms with van der Waals surface area (Å²) in [4.78, 5) is 20.9. The fourth-order valence-corrected chi connectivity index (χ4v) is 4.86. The summed E-state index contributed by atoms with van der Waals surface area (Å²) >= 11 is 1.74. The molecule has 0 N–H and O–H groups in total. The van der Waals surface area contributed by atoms with Crippen LogP contribution in [0.25, 0.3) is 10.2 Å². The fraction of sp³-hybridized carbons (Fsp3) is 0.550. The van der Waals surface area contributed by atoms with Crippen molar-refractivity contribution in [1.29, 1.82) is 0 Å². The molecule has 27 heavy (non-hydrogen) atoms. The van der Waals surface area contributed by atoms with Crippen LogP contribution < -0.4 is 4.90 Å². The van der Waals surface area contributed by atoms with Gasteiger partial charge >= 0.3 is 0 Å². The van der Waals surface area contributed by atoms with Crippen LogP contribution in [0.3, 0.4) is 0 Å². The molecule has 144 valence electrons. The SMILES string of the molecule is Cc1cc2c(N3CCC[C@H](c4nccn4CCCN(C)C)C3)ncnc2s1. The highest BCUT2D eigenvalue weighted by atomic mass is 32.1. The first-order valence-electron chi connectivity index (χ1n) is 9.73. The van der Waals surface area contributed by atoms with Gasteiger partial charge in [-0.25, -0.2) is 15.0 Å². The summed E-state index contributed by atoms with van der Waals surface area (Å²) in [6.45, 7) is 6.31. The Morgan fingerprint density at radius 3 is 3.00 bits per heavy atom. The van der Waals surface area contributed by atoms with Gasteiger partial charge in [-0.05, 0) is 52.9 Å². The van der Waals surface area contributed by atoms with E-state index in [-0.39, 0.29) is 0 Å². The van der Waals surface area contributed by atoms with Gasteiger partial charge in [0.05, 0.1) is 5.39 Å². The monoisotopic (exact) mass is 384 g/mol. The number of fused-ring (bicyclic) bond motifs is 1. The summed E-state index contributed by atoms with van der Waals surface area (Å²) in [6, 6.07) is 2.22. The maximum absolute atomic E-state index is 4.72. The van der Waals surface area contributed by atoms with Crippen LogP contribution in [0.15, 0.2) is 24.8 Å². The molecule has 0 amide bonds. The van der Waals surface area contributed by atoms with E-state index in [1.165, 1.54) is 28.9 Å². The molecule has 6 nitrogen and oxygen atoms in total. The molecule has 0 spiro atoms. The van der Waals surface area contributed by atoms with Gasteiger partial charge in [-0.2, -0.15) is 0 Å². The van der Waals surface area contributed by atoms with Crippen molar-refractivity contribution in [2.45, 2.75) is 38.6 Å². The lowest BCUT2D eigenvalue weighted by Crippen LogP contribution is -2.36. The molecule has 0 aliphatic carbocycles. The van der Waals surface area contributed by atoms with Gasteiger partial charge in [-0.15, -0.1) is 11.3 Å². The lowest BCUT2D eigenvalue weighted by Gasteiger charge is -2.33. The summed E-state index contributed by atoms with van der Waals surface area (Å²) in [5.74, 6) is 2.77. The zero-order valence-electron chi connectivity index (χ0n) is 16.4. The van der Waals surface area contributed by atoms with Crippen molar-refractivity contribution in [2.24, 2.45) is 0 Å². The molecule has 1 atom stereocenters. The first-order chi connectivity index (χ1) is 13.1. The molecule has 7 heteroatoms. The van der Waals surface area contributed by atoms with Crippen LogP contribution in [0.1, 0.15) is 35.9 Å². The van der Waals surface area contributed by atoms with Gasteiger partial charge in [-0.3, -0.25) is 0 Å². The lowest BCUT2D eigenvalue weighted by atomic mass is 9.97. The molecule has 1 aliphatic rings. The fourth-order valence-electron chi connectivity index (χ4n) is 4.02. The van der Waals surface area contributed by atoms with E-state index < -0.39 is 0 Å². The standard InChI is InChI=1S/C20H28N6S/c1-15-12-17-19(22-14-23-20(17)27-15)26-9-4-6-16(13-26)18-21-7-11-25(18)10-5-8-24(2)3/h7,11-12,14,16H,4-6,8-10,13H2,1-3H3/t16-/m0/s1. The van der Waals surface area contributed by atoms with Crippen molar-refractivity contribution >= 4 is 27.4 Å².